The van der Waals surface area contributed by atoms with Crippen LogP contribution in [0, 0.1) is 6.92 Å². The third-order valence-electron chi connectivity index (χ3n) is 2.45. The highest BCUT2D eigenvalue weighted by atomic mass is 32.1. The van der Waals surface area contributed by atoms with E-state index in [0.717, 1.165) is 11.1 Å². The van der Waals surface area contributed by atoms with Gasteiger partial charge in [0.15, 0.2) is 0 Å². The highest BCUT2D eigenvalue weighted by Crippen LogP contribution is 2.18. The first-order valence-corrected chi connectivity index (χ1v) is 5.86. The molecule has 1 rings (SSSR count). The van der Waals surface area contributed by atoms with Gasteiger partial charge in [0.25, 0.3) is 0 Å². The summed E-state index contributed by atoms with van der Waals surface area (Å²) in [6, 6.07) is 6.57. The molecule has 0 saturated carbocycles. The molecule has 0 spiro atoms. The van der Waals surface area contributed by atoms with Crippen molar-refractivity contribution >= 4 is 18.6 Å². The highest BCUT2D eigenvalue weighted by molar-refractivity contribution is 7.81. The van der Waals surface area contributed by atoms with Crippen molar-refractivity contribution in [2.24, 2.45) is 0 Å². The Morgan fingerprint density at radius 3 is 2.47 bits per heavy atom. The van der Waals surface area contributed by atoms with Crippen LogP contribution in [0.1, 0.15) is 26.3 Å². The van der Waals surface area contributed by atoms with E-state index < -0.39 is 23.3 Å². The summed E-state index contributed by atoms with van der Waals surface area (Å²) in [4.78, 5) is 11.2. The average molecular weight is 254 g/mol. The van der Waals surface area contributed by atoms with E-state index in [1.165, 1.54) is 0 Å². The number of hydrogen-bond donors (Lipinski definition) is 3. The van der Waals surface area contributed by atoms with Crippen LogP contribution in [0.3, 0.4) is 0 Å². The lowest BCUT2D eigenvalue weighted by Crippen LogP contribution is -2.48. The Morgan fingerprint density at radius 2 is 2.06 bits per heavy atom. The van der Waals surface area contributed by atoms with Gasteiger partial charge in [-0.15, -0.1) is 0 Å². The summed E-state index contributed by atoms with van der Waals surface area (Å²) in [6.45, 7) is 4.61. The van der Waals surface area contributed by atoms with E-state index in [2.05, 4.69) is 17.9 Å². The van der Waals surface area contributed by atoms with E-state index in [1.807, 2.05) is 31.2 Å². The third-order valence-corrected chi connectivity index (χ3v) is 2.71. The summed E-state index contributed by atoms with van der Waals surface area (Å²) in [5.41, 5.74) is 1.85. The van der Waals surface area contributed by atoms with Gasteiger partial charge in [0.1, 0.15) is 6.04 Å². The van der Waals surface area contributed by atoms with Crippen LogP contribution in [0.4, 0.5) is 0 Å². The second-order valence-corrected chi connectivity index (χ2v) is 5.80. The van der Waals surface area contributed by atoms with E-state index in [1.54, 1.807) is 13.8 Å². The standard InChI is InChI=1S/C13H19NO2S/c1-9-4-6-10(7-5-9)8-14-11(12(15)16)13(2,3)17/h4-7,11,14,17H,8H2,1-3H3,(H,15,16)/t11-/m1/s1/i8D/t8?,11-. The number of carbonyl (C=O) groups is 1. The van der Waals surface area contributed by atoms with Crippen LogP contribution in [-0.2, 0) is 11.3 Å². The van der Waals surface area contributed by atoms with Gasteiger partial charge in [-0.2, -0.15) is 12.6 Å². The van der Waals surface area contributed by atoms with E-state index in [0.29, 0.717) is 0 Å². The number of rotatable bonds is 5. The second-order valence-electron chi connectivity index (χ2n) is 4.65. The quantitative estimate of drug-likeness (QED) is 0.706. The summed E-state index contributed by atoms with van der Waals surface area (Å²) >= 11 is 4.27. The number of thiol groups is 1. The van der Waals surface area contributed by atoms with Crippen LogP contribution in [0.25, 0.3) is 0 Å². The van der Waals surface area contributed by atoms with Gasteiger partial charge in [0.2, 0.25) is 0 Å². The van der Waals surface area contributed by atoms with Gasteiger partial charge in [0.05, 0.1) is 0 Å². The van der Waals surface area contributed by atoms with Crippen molar-refractivity contribution in [1.82, 2.24) is 5.32 Å². The molecule has 3 nitrogen and oxygen atoms in total. The van der Waals surface area contributed by atoms with Gasteiger partial charge >= 0.3 is 5.97 Å². The lowest BCUT2D eigenvalue weighted by Gasteiger charge is -2.27. The third kappa shape index (κ3) is 4.40. The molecule has 0 aliphatic carbocycles. The first-order chi connectivity index (χ1) is 8.21. The number of carboxylic acids is 1. The number of aliphatic carboxylic acids is 1. The number of benzene rings is 1. The predicted octanol–water partition coefficient (Wildman–Crippen LogP) is 2.25. The SMILES string of the molecule is [2H]C(N[C@H](C(=O)O)C(C)(C)S)c1ccc(C)cc1. The molecule has 0 fully saturated rings. The van der Waals surface area contributed by atoms with Crippen LogP contribution in [0.2, 0.25) is 0 Å². The van der Waals surface area contributed by atoms with Gasteiger partial charge in [-0.1, -0.05) is 29.8 Å². The van der Waals surface area contributed by atoms with Crippen molar-refractivity contribution in [3.63, 3.8) is 0 Å². The molecule has 1 aromatic carbocycles. The van der Waals surface area contributed by atoms with Crippen LogP contribution in [0.5, 0.6) is 0 Å². The molecule has 94 valence electrons. The first-order valence-electron chi connectivity index (χ1n) is 5.99. The van der Waals surface area contributed by atoms with Crippen molar-refractivity contribution < 1.29 is 11.3 Å². The fraction of sp³-hybridized carbons (Fsp3) is 0.462. The van der Waals surface area contributed by atoms with Gasteiger partial charge in [-0.3, -0.25) is 10.1 Å². The molecule has 0 bridgehead atoms. The predicted molar refractivity (Wildman–Crippen MR) is 72.5 cm³/mol. The molecule has 1 unspecified atom stereocenters. The van der Waals surface area contributed by atoms with E-state index in [4.69, 9.17) is 6.48 Å². The number of carboxylic acid groups (broad SMARTS) is 1. The molecule has 0 amide bonds. The zero-order chi connectivity index (χ0) is 13.9. The molecule has 2 N–H and O–H groups in total. The molecule has 2 atom stereocenters. The topological polar surface area (TPSA) is 49.3 Å². The Morgan fingerprint density at radius 1 is 1.53 bits per heavy atom. The summed E-state index contributed by atoms with van der Waals surface area (Å²) in [5.74, 6) is -1.00. The fourth-order valence-corrected chi connectivity index (χ4v) is 1.60. The number of hydrogen-bond acceptors (Lipinski definition) is 3. The minimum Gasteiger partial charge on any atom is -0.480 e. The monoisotopic (exact) mass is 254 g/mol. The minimum atomic E-state index is -1.00. The van der Waals surface area contributed by atoms with Crippen LogP contribution in [-0.4, -0.2) is 21.9 Å². The summed E-state index contributed by atoms with van der Waals surface area (Å²) < 4.78 is 7.24. The molecule has 0 aliphatic heterocycles. The van der Waals surface area contributed by atoms with Crippen molar-refractivity contribution in [3.05, 3.63) is 35.4 Å². The Bertz CT molecular complexity index is 414. The molecule has 1 aromatic rings. The molecule has 0 heterocycles. The van der Waals surface area contributed by atoms with E-state index in [9.17, 15) is 4.79 Å². The maximum atomic E-state index is 11.2. The van der Waals surface area contributed by atoms with Gasteiger partial charge in [-0.25, -0.2) is 0 Å². The summed E-state index contributed by atoms with van der Waals surface area (Å²) in [6.07, 6.45) is 0. The smallest absolute Gasteiger partial charge is 0.322 e. The number of nitrogens with one attached hydrogen (secondary N) is 1. The fourth-order valence-electron chi connectivity index (χ4n) is 1.42. The van der Waals surface area contributed by atoms with Crippen molar-refractivity contribution in [3.8, 4) is 0 Å². The summed E-state index contributed by atoms with van der Waals surface area (Å²) in [5, 5.41) is 11.9. The van der Waals surface area contributed by atoms with Crippen molar-refractivity contribution in [1.29, 1.82) is 0 Å². The van der Waals surface area contributed by atoms with Crippen molar-refractivity contribution in [2.45, 2.75) is 38.1 Å². The average Bonchev–Trinajstić information content (AvgIpc) is 2.24. The Hall–Kier alpha value is -1.00. The lowest BCUT2D eigenvalue weighted by atomic mass is 10.0. The second kappa shape index (κ2) is 5.56. The van der Waals surface area contributed by atoms with Gasteiger partial charge in [0, 0.05) is 12.6 Å². The number of aryl methyl sites for hydroxylation is 1. The van der Waals surface area contributed by atoms with Crippen LogP contribution >= 0.6 is 12.6 Å². The van der Waals surface area contributed by atoms with Gasteiger partial charge in [-0.05, 0) is 26.3 Å². The first kappa shape index (κ1) is 12.5. The lowest BCUT2D eigenvalue weighted by molar-refractivity contribution is -0.140. The Kier molecular flexibility index (Phi) is 4.07. The maximum absolute atomic E-state index is 11.2. The molecule has 0 aromatic heterocycles. The van der Waals surface area contributed by atoms with Gasteiger partial charge < -0.3 is 5.11 Å². The minimum absolute atomic E-state index is 0.740. The largest absolute Gasteiger partial charge is 0.480 e. The van der Waals surface area contributed by atoms with Crippen LogP contribution in [0.15, 0.2) is 24.3 Å². The molecule has 4 heteroatoms. The maximum Gasteiger partial charge on any atom is 0.322 e. The molecular weight excluding hydrogens is 234 g/mol. The highest BCUT2D eigenvalue weighted by Gasteiger charge is 2.31. The molecule has 0 saturated heterocycles. The summed E-state index contributed by atoms with van der Waals surface area (Å²) in [7, 11) is 0. The zero-order valence-corrected chi connectivity index (χ0v) is 11.2. The normalized spacial score (nSPS) is 16.1. The molecule has 0 radical (unpaired) electrons. The molecule has 17 heavy (non-hydrogen) atoms. The van der Waals surface area contributed by atoms with E-state index in [-0.39, 0.29) is 0 Å². The zero-order valence-electron chi connectivity index (χ0n) is 11.3. The van der Waals surface area contributed by atoms with Crippen LogP contribution < -0.4 is 5.32 Å². The van der Waals surface area contributed by atoms with E-state index >= 15 is 0 Å². The van der Waals surface area contributed by atoms with Crippen molar-refractivity contribution in [2.75, 3.05) is 0 Å². The molecular formula is C13H19NO2S. The molecule has 0 aliphatic rings. The Labute approximate surface area is 109 Å². The Balaban J connectivity index is 2.82.